The Hall–Kier alpha value is -3.33. The Labute approximate surface area is 174 Å². The van der Waals surface area contributed by atoms with Gasteiger partial charge in [0.1, 0.15) is 11.4 Å². The van der Waals surface area contributed by atoms with E-state index in [0.717, 1.165) is 27.7 Å². The van der Waals surface area contributed by atoms with Gasteiger partial charge in [-0.05, 0) is 34.9 Å². The van der Waals surface area contributed by atoms with Crippen molar-refractivity contribution < 1.29 is 17.9 Å². The summed E-state index contributed by atoms with van der Waals surface area (Å²) in [7, 11) is 0. The number of nitrogens with zero attached hydrogens (tertiary/aromatic N) is 3. The number of fused-ring (bicyclic) bond motifs is 1. The Bertz CT molecular complexity index is 1140. The first kappa shape index (κ1) is 20.0. The predicted octanol–water partition coefficient (Wildman–Crippen LogP) is 5.11. The molecule has 3 heterocycles. The lowest BCUT2D eigenvalue weighted by Crippen LogP contribution is -2.17. The first-order chi connectivity index (χ1) is 14.4. The number of halogens is 4. The zero-order valence-corrected chi connectivity index (χ0v) is 16.1. The van der Waals surface area contributed by atoms with Crippen LogP contribution in [0, 0.1) is 0 Å². The van der Waals surface area contributed by atoms with E-state index in [2.05, 4.69) is 30.0 Å². The molecule has 0 spiro atoms. The Kier molecular flexibility index (Phi) is 5.45. The highest BCUT2D eigenvalue weighted by Crippen LogP contribution is 2.24. The fourth-order valence-corrected chi connectivity index (χ4v) is 3.08. The van der Waals surface area contributed by atoms with E-state index in [1.54, 1.807) is 30.7 Å². The summed E-state index contributed by atoms with van der Waals surface area (Å²) in [5.41, 5.74) is 3.47. The van der Waals surface area contributed by atoms with Gasteiger partial charge < -0.3 is 15.0 Å². The Balaban J connectivity index is 1.36. The number of benzene rings is 1. The van der Waals surface area contributed by atoms with Crippen molar-refractivity contribution in [2.24, 2.45) is 0 Å². The summed E-state index contributed by atoms with van der Waals surface area (Å²) in [6, 6.07) is 7.46. The van der Waals surface area contributed by atoms with Crippen LogP contribution >= 0.6 is 11.6 Å². The molecule has 6 nitrogen and oxygen atoms in total. The van der Waals surface area contributed by atoms with Crippen LogP contribution in [-0.4, -0.2) is 26.3 Å². The highest BCUT2D eigenvalue weighted by Gasteiger charge is 2.30. The monoisotopic (exact) mass is 433 g/mol. The average Bonchev–Trinajstić information content (AvgIpc) is 3.09. The molecule has 0 fully saturated rings. The molecule has 30 heavy (non-hydrogen) atoms. The minimum Gasteiger partial charge on any atom is -0.406 e. The molecule has 3 aromatic heterocycles. The van der Waals surface area contributed by atoms with Gasteiger partial charge in [-0.1, -0.05) is 23.7 Å². The van der Waals surface area contributed by atoms with Gasteiger partial charge in [0.2, 0.25) is 5.95 Å². The smallest absolute Gasteiger partial charge is 0.406 e. The Morgan fingerprint density at radius 3 is 2.43 bits per heavy atom. The third-order valence-corrected chi connectivity index (χ3v) is 4.50. The van der Waals surface area contributed by atoms with E-state index in [4.69, 9.17) is 11.6 Å². The first-order valence-corrected chi connectivity index (χ1v) is 9.24. The van der Waals surface area contributed by atoms with Crippen LogP contribution in [0.3, 0.4) is 0 Å². The van der Waals surface area contributed by atoms with Crippen molar-refractivity contribution in [1.29, 1.82) is 0 Å². The van der Waals surface area contributed by atoms with Gasteiger partial charge in [0, 0.05) is 43.1 Å². The van der Waals surface area contributed by atoms with Gasteiger partial charge in [-0.15, -0.1) is 13.2 Å². The maximum Gasteiger partial charge on any atom is 0.573 e. The van der Waals surface area contributed by atoms with E-state index in [0.29, 0.717) is 23.9 Å². The zero-order chi connectivity index (χ0) is 21.1. The van der Waals surface area contributed by atoms with Crippen LogP contribution in [-0.2, 0) is 13.0 Å². The predicted molar refractivity (Wildman–Crippen MR) is 106 cm³/mol. The molecule has 0 saturated carbocycles. The number of hydrogen-bond donors (Lipinski definition) is 2. The summed E-state index contributed by atoms with van der Waals surface area (Å²) in [6.45, 7) is 0.359. The van der Waals surface area contributed by atoms with E-state index >= 15 is 0 Å². The number of anilines is 1. The molecule has 0 amide bonds. The maximum absolute atomic E-state index is 12.2. The van der Waals surface area contributed by atoms with Gasteiger partial charge in [0.05, 0.1) is 5.02 Å². The molecular weight excluding hydrogens is 419 g/mol. The lowest BCUT2D eigenvalue weighted by Gasteiger charge is -2.10. The summed E-state index contributed by atoms with van der Waals surface area (Å²) in [5.74, 6) is 0.152. The second-order valence-electron chi connectivity index (χ2n) is 6.50. The summed E-state index contributed by atoms with van der Waals surface area (Å²) in [6.07, 6.45) is 2.81. The van der Waals surface area contributed by atoms with E-state index in [1.165, 1.54) is 12.1 Å². The van der Waals surface area contributed by atoms with Crippen LogP contribution in [0.1, 0.15) is 16.7 Å². The summed E-state index contributed by atoms with van der Waals surface area (Å²) >= 11 is 6.03. The van der Waals surface area contributed by atoms with Crippen molar-refractivity contribution in [2.45, 2.75) is 19.3 Å². The number of aromatic nitrogens is 4. The van der Waals surface area contributed by atoms with Crippen LogP contribution in [0.2, 0.25) is 5.02 Å². The number of ether oxygens (including phenoxy) is 1. The molecule has 0 aliphatic heterocycles. The van der Waals surface area contributed by atoms with Gasteiger partial charge in [0.15, 0.2) is 0 Å². The normalized spacial score (nSPS) is 11.6. The average molecular weight is 434 g/mol. The van der Waals surface area contributed by atoms with Gasteiger partial charge in [0.25, 0.3) is 0 Å². The second-order valence-corrected chi connectivity index (χ2v) is 6.94. The van der Waals surface area contributed by atoms with Crippen LogP contribution in [0.15, 0.2) is 55.1 Å². The molecule has 0 aliphatic rings. The van der Waals surface area contributed by atoms with Crippen molar-refractivity contribution in [3.63, 3.8) is 0 Å². The van der Waals surface area contributed by atoms with Gasteiger partial charge >= 0.3 is 6.36 Å². The van der Waals surface area contributed by atoms with Gasteiger partial charge in [-0.25, -0.2) is 15.0 Å². The third-order valence-electron chi connectivity index (χ3n) is 4.29. The number of alkyl halides is 3. The Morgan fingerprint density at radius 1 is 1.00 bits per heavy atom. The molecule has 4 aromatic rings. The van der Waals surface area contributed by atoms with Gasteiger partial charge in [-0.2, -0.15) is 0 Å². The summed E-state index contributed by atoms with van der Waals surface area (Å²) < 4.78 is 40.4. The van der Waals surface area contributed by atoms with Crippen molar-refractivity contribution >= 4 is 28.6 Å². The largest absolute Gasteiger partial charge is 0.573 e. The molecular formula is C20H15ClF3N5O. The van der Waals surface area contributed by atoms with Crippen LogP contribution in [0.5, 0.6) is 5.75 Å². The Morgan fingerprint density at radius 2 is 1.73 bits per heavy atom. The lowest BCUT2D eigenvalue weighted by molar-refractivity contribution is -0.274. The molecule has 0 bridgehead atoms. The standard InChI is InChI=1S/C20H15ClF3N5O/c21-15-6-17-14(10-25-18(17)26-11-15)5-13-8-28-19(29-9-13)27-7-12-1-3-16(4-2-12)30-20(22,23)24/h1-4,6,8-11H,5,7H2,(H,25,26)(H,27,28,29). The molecule has 0 atom stereocenters. The minimum atomic E-state index is -4.70. The summed E-state index contributed by atoms with van der Waals surface area (Å²) in [5, 5.41) is 4.55. The fraction of sp³-hybridized carbons (Fsp3) is 0.150. The molecule has 1 aromatic carbocycles. The lowest BCUT2D eigenvalue weighted by atomic mass is 10.1. The first-order valence-electron chi connectivity index (χ1n) is 8.87. The molecule has 10 heteroatoms. The van der Waals surface area contributed by atoms with Crippen LogP contribution < -0.4 is 10.1 Å². The van der Waals surface area contributed by atoms with Crippen molar-refractivity contribution in [3.05, 3.63) is 76.8 Å². The zero-order valence-electron chi connectivity index (χ0n) is 15.4. The van der Waals surface area contributed by atoms with E-state index in [-0.39, 0.29) is 5.75 Å². The second kappa shape index (κ2) is 8.19. The molecule has 4 rings (SSSR count). The highest BCUT2D eigenvalue weighted by atomic mass is 35.5. The van der Waals surface area contributed by atoms with Crippen LogP contribution in [0.25, 0.3) is 11.0 Å². The fourth-order valence-electron chi connectivity index (χ4n) is 2.93. The van der Waals surface area contributed by atoms with Crippen LogP contribution in [0.4, 0.5) is 19.1 Å². The van der Waals surface area contributed by atoms with Gasteiger partial charge in [-0.3, -0.25) is 0 Å². The van der Waals surface area contributed by atoms with E-state index in [1.807, 2.05) is 12.3 Å². The molecule has 154 valence electrons. The number of nitrogens with one attached hydrogen (secondary N) is 2. The molecule has 0 aliphatic carbocycles. The number of H-pyrrole nitrogens is 1. The third kappa shape index (κ3) is 4.98. The molecule has 0 unspecified atom stereocenters. The van der Waals surface area contributed by atoms with Crippen molar-refractivity contribution in [3.8, 4) is 5.75 Å². The van der Waals surface area contributed by atoms with Crippen molar-refractivity contribution in [2.75, 3.05) is 5.32 Å². The highest BCUT2D eigenvalue weighted by molar-refractivity contribution is 6.31. The number of pyridine rings is 1. The van der Waals surface area contributed by atoms with E-state index in [9.17, 15) is 13.2 Å². The van der Waals surface area contributed by atoms with Crippen molar-refractivity contribution in [1.82, 2.24) is 19.9 Å². The number of aromatic amines is 1. The summed E-state index contributed by atoms with van der Waals surface area (Å²) in [4.78, 5) is 15.9. The SMILES string of the molecule is FC(F)(F)Oc1ccc(CNc2ncc(Cc3c[nH]c4ncc(Cl)cc34)cn2)cc1. The molecule has 0 saturated heterocycles. The topological polar surface area (TPSA) is 75.7 Å². The number of hydrogen-bond acceptors (Lipinski definition) is 5. The number of rotatable bonds is 6. The minimum absolute atomic E-state index is 0.263. The molecule has 2 N–H and O–H groups in total. The maximum atomic E-state index is 12.2. The molecule has 0 radical (unpaired) electrons. The van der Waals surface area contributed by atoms with E-state index < -0.39 is 6.36 Å². The quantitative estimate of drug-likeness (QED) is 0.442.